The number of aromatic nitrogens is 1. The van der Waals surface area contributed by atoms with E-state index in [-0.39, 0.29) is 5.91 Å². The van der Waals surface area contributed by atoms with Gasteiger partial charge in [0.15, 0.2) is 0 Å². The van der Waals surface area contributed by atoms with Gasteiger partial charge in [-0.05, 0) is 54.4 Å². The third-order valence-corrected chi connectivity index (χ3v) is 4.67. The van der Waals surface area contributed by atoms with Crippen molar-refractivity contribution < 1.29 is 14.3 Å². The number of carbonyl (C=O) groups is 1. The van der Waals surface area contributed by atoms with Crippen LogP contribution in [0.15, 0.2) is 72.1 Å². The number of carbonyl (C=O) groups excluding carboxylic acids is 1. The molecule has 2 aromatic carbocycles. The maximum atomic E-state index is 12.1. The van der Waals surface area contributed by atoms with Crippen molar-refractivity contribution in [3.63, 3.8) is 0 Å². The largest absolute Gasteiger partial charge is 0.493 e. The van der Waals surface area contributed by atoms with E-state index in [0.717, 1.165) is 12.2 Å². The lowest BCUT2D eigenvalue weighted by Gasteiger charge is -2.10. The third-order valence-electron chi connectivity index (χ3n) is 4.43. The van der Waals surface area contributed by atoms with E-state index in [9.17, 15) is 4.79 Å². The van der Waals surface area contributed by atoms with E-state index in [2.05, 4.69) is 34.6 Å². The second-order valence-corrected chi connectivity index (χ2v) is 7.10. The Morgan fingerprint density at radius 1 is 1.06 bits per heavy atom. The fraction of sp³-hybridized carbons (Fsp3) is 0.208. The summed E-state index contributed by atoms with van der Waals surface area (Å²) < 4.78 is 11.6. The van der Waals surface area contributed by atoms with Crippen molar-refractivity contribution in [2.45, 2.75) is 19.8 Å². The molecule has 0 fully saturated rings. The summed E-state index contributed by atoms with van der Waals surface area (Å²) in [4.78, 5) is 15.9. The number of pyridine rings is 1. The monoisotopic (exact) mass is 437 g/mol. The zero-order valence-corrected chi connectivity index (χ0v) is 18.0. The van der Waals surface area contributed by atoms with Crippen molar-refractivity contribution >= 4 is 23.7 Å². The molecule has 3 rings (SSSR count). The molecule has 0 aliphatic carbocycles. The number of benzene rings is 2. The van der Waals surface area contributed by atoms with Gasteiger partial charge in [-0.2, -0.15) is 5.10 Å². The van der Waals surface area contributed by atoms with E-state index >= 15 is 0 Å². The Morgan fingerprint density at radius 3 is 2.55 bits per heavy atom. The molecule has 1 amide bonds. The second kappa shape index (κ2) is 11.7. The minimum Gasteiger partial charge on any atom is -0.493 e. The molecule has 1 N–H and O–H groups in total. The zero-order chi connectivity index (χ0) is 21.9. The first-order valence-electron chi connectivity index (χ1n) is 10.0. The highest BCUT2D eigenvalue weighted by Gasteiger charge is 2.05. The van der Waals surface area contributed by atoms with Gasteiger partial charge in [0.05, 0.1) is 19.4 Å². The lowest BCUT2D eigenvalue weighted by Crippen LogP contribution is -2.17. The number of aryl methyl sites for hydroxylation is 1. The number of nitrogens with zero attached hydrogens (tertiary/aromatic N) is 2. The highest BCUT2D eigenvalue weighted by Crippen LogP contribution is 2.21. The van der Waals surface area contributed by atoms with Crippen LogP contribution >= 0.6 is 11.6 Å². The highest BCUT2D eigenvalue weighted by molar-refractivity contribution is 6.30. The van der Waals surface area contributed by atoms with Crippen molar-refractivity contribution in [2.24, 2.45) is 5.10 Å². The number of ether oxygens (including phenoxy) is 2. The smallest absolute Gasteiger partial charge is 0.271 e. The average molecular weight is 438 g/mol. The van der Waals surface area contributed by atoms with Gasteiger partial charge >= 0.3 is 0 Å². The summed E-state index contributed by atoms with van der Waals surface area (Å²) in [6.07, 6.45) is 6.32. The molecule has 0 bridgehead atoms. The van der Waals surface area contributed by atoms with Crippen LogP contribution in [0.3, 0.4) is 0 Å². The van der Waals surface area contributed by atoms with Gasteiger partial charge in [-0.25, -0.2) is 5.43 Å². The maximum Gasteiger partial charge on any atom is 0.271 e. The number of nitrogens with one attached hydrogen (secondary N) is 1. The van der Waals surface area contributed by atoms with Gasteiger partial charge in [-0.15, -0.1) is 0 Å². The molecule has 6 nitrogen and oxygen atoms in total. The van der Waals surface area contributed by atoms with Crippen molar-refractivity contribution in [2.75, 3.05) is 13.2 Å². The number of amides is 1. The van der Waals surface area contributed by atoms with Crippen LogP contribution in [0.25, 0.3) is 0 Å². The summed E-state index contributed by atoms with van der Waals surface area (Å²) >= 11 is 6.10. The molecule has 0 spiro atoms. The number of halogens is 1. The van der Waals surface area contributed by atoms with Crippen LogP contribution in [0.2, 0.25) is 5.02 Å². The Hall–Kier alpha value is -3.38. The van der Waals surface area contributed by atoms with E-state index in [1.165, 1.54) is 11.8 Å². The number of rotatable bonds is 10. The molecule has 0 aliphatic rings. The van der Waals surface area contributed by atoms with E-state index in [1.807, 2.05) is 12.1 Å². The van der Waals surface area contributed by atoms with Crippen LogP contribution in [0, 0.1) is 0 Å². The quantitative estimate of drug-likeness (QED) is 0.278. The zero-order valence-electron chi connectivity index (χ0n) is 17.3. The molecular formula is C24H24ClN3O3. The van der Waals surface area contributed by atoms with Gasteiger partial charge in [0.1, 0.15) is 11.5 Å². The molecule has 0 saturated carbocycles. The van der Waals surface area contributed by atoms with Gasteiger partial charge in [0.2, 0.25) is 0 Å². The predicted molar refractivity (Wildman–Crippen MR) is 122 cm³/mol. The fourth-order valence-corrected chi connectivity index (χ4v) is 2.91. The molecule has 1 aromatic heterocycles. The van der Waals surface area contributed by atoms with Gasteiger partial charge in [-0.1, -0.05) is 30.7 Å². The first kappa shape index (κ1) is 22.3. The Labute approximate surface area is 186 Å². The van der Waals surface area contributed by atoms with Crippen LogP contribution in [-0.4, -0.2) is 30.3 Å². The summed E-state index contributed by atoms with van der Waals surface area (Å²) in [5.74, 6) is 1.15. The van der Waals surface area contributed by atoms with Crippen LogP contribution < -0.4 is 14.9 Å². The summed E-state index contributed by atoms with van der Waals surface area (Å²) in [6, 6.07) is 16.6. The summed E-state index contributed by atoms with van der Waals surface area (Å²) in [7, 11) is 0. The van der Waals surface area contributed by atoms with Crippen molar-refractivity contribution in [3.05, 3.63) is 88.7 Å². The normalized spacial score (nSPS) is 10.8. The minimum atomic E-state index is -0.327. The molecule has 0 aliphatic heterocycles. The number of hydrazone groups is 1. The van der Waals surface area contributed by atoms with Crippen LogP contribution in [0.1, 0.15) is 34.8 Å². The molecule has 3 aromatic rings. The molecule has 0 atom stereocenters. The molecule has 0 radical (unpaired) electrons. The Morgan fingerprint density at radius 2 is 1.81 bits per heavy atom. The first-order chi connectivity index (χ1) is 15.2. The van der Waals surface area contributed by atoms with E-state index < -0.39 is 0 Å². The van der Waals surface area contributed by atoms with E-state index in [1.54, 1.807) is 42.7 Å². The molecule has 0 saturated heterocycles. The number of hydrogen-bond donors (Lipinski definition) is 1. The number of hydrogen-bond acceptors (Lipinski definition) is 5. The highest BCUT2D eigenvalue weighted by atomic mass is 35.5. The van der Waals surface area contributed by atoms with Crippen molar-refractivity contribution in [1.29, 1.82) is 0 Å². The lowest BCUT2D eigenvalue weighted by atomic mass is 10.2. The fourth-order valence-electron chi connectivity index (χ4n) is 2.73. The minimum absolute atomic E-state index is 0.327. The average Bonchev–Trinajstić information content (AvgIpc) is 2.81. The Balaban J connectivity index is 1.49. The van der Waals surface area contributed by atoms with Gasteiger partial charge in [0.25, 0.3) is 5.91 Å². The summed E-state index contributed by atoms with van der Waals surface area (Å²) in [6.45, 7) is 3.14. The molecule has 1 heterocycles. The summed E-state index contributed by atoms with van der Waals surface area (Å²) in [5, 5.41) is 4.56. The Kier molecular flexibility index (Phi) is 8.43. The topological polar surface area (TPSA) is 72.8 Å². The lowest BCUT2D eigenvalue weighted by molar-refractivity contribution is 0.0955. The van der Waals surface area contributed by atoms with Gasteiger partial charge < -0.3 is 9.47 Å². The van der Waals surface area contributed by atoms with E-state index in [4.69, 9.17) is 21.1 Å². The molecule has 160 valence electrons. The standard InChI is InChI=1S/C24H24ClN3O3/c1-2-18-4-7-22(8-5-18)30-14-3-15-31-23-9-6-21(25)16-20(23)17-27-28-24(29)19-10-12-26-13-11-19/h4-13,16-17H,2-3,14-15H2,1H3,(H,28,29). The van der Waals surface area contributed by atoms with Crippen molar-refractivity contribution in [1.82, 2.24) is 10.4 Å². The third kappa shape index (κ3) is 7.12. The first-order valence-corrected chi connectivity index (χ1v) is 10.4. The SMILES string of the molecule is CCc1ccc(OCCCOc2ccc(Cl)cc2C=NNC(=O)c2ccncc2)cc1. The maximum absolute atomic E-state index is 12.1. The van der Waals surface area contributed by atoms with Crippen molar-refractivity contribution in [3.8, 4) is 11.5 Å². The molecule has 31 heavy (non-hydrogen) atoms. The van der Waals surface area contributed by atoms with Crippen LogP contribution in [0.4, 0.5) is 0 Å². The predicted octanol–water partition coefficient (Wildman–Crippen LogP) is 4.91. The van der Waals surface area contributed by atoms with E-state index in [0.29, 0.717) is 41.5 Å². The van der Waals surface area contributed by atoms with Gasteiger partial charge in [-0.3, -0.25) is 9.78 Å². The van der Waals surface area contributed by atoms with Gasteiger partial charge in [0, 0.05) is 35.0 Å². The van der Waals surface area contributed by atoms with Crippen LogP contribution in [-0.2, 0) is 6.42 Å². The molecule has 7 heteroatoms. The Bertz CT molecular complexity index is 1010. The molecule has 0 unspecified atom stereocenters. The van der Waals surface area contributed by atoms with Crippen LogP contribution in [0.5, 0.6) is 11.5 Å². The summed E-state index contributed by atoms with van der Waals surface area (Å²) in [5.41, 5.74) is 4.90. The second-order valence-electron chi connectivity index (χ2n) is 6.67. The molecular weight excluding hydrogens is 414 g/mol.